The molecule has 3 rings (SSSR count). The van der Waals surface area contributed by atoms with Crippen LogP contribution in [0.2, 0.25) is 0 Å². The van der Waals surface area contributed by atoms with Gasteiger partial charge in [0.15, 0.2) is 0 Å². The molecule has 0 radical (unpaired) electrons. The minimum absolute atomic E-state index is 0.137. The van der Waals surface area contributed by atoms with E-state index in [1.807, 2.05) is 48.9 Å². The Kier molecular flexibility index (Phi) is 10.5. The molecule has 0 N–H and O–H groups in total. The van der Waals surface area contributed by atoms with Gasteiger partial charge in [0, 0.05) is 5.69 Å². The molecule has 0 aliphatic heterocycles. The van der Waals surface area contributed by atoms with Gasteiger partial charge in [-0.25, -0.2) is 0 Å². The van der Waals surface area contributed by atoms with Crippen LogP contribution in [0.5, 0.6) is 5.95 Å². The third-order valence-electron chi connectivity index (χ3n) is 2.49. The molecule has 3 aromatic rings. The Balaban J connectivity index is 0.000000246. The fourth-order valence-corrected chi connectivity index (χ4v) is 1.50. The number of ether oxygens (including phenoxy) is 2. The summed E-state index contributed by atoms with van der Waals surface area (Å²) in [6, 6.07) is 10.5. The molecule has 25 heavy (non-hydrogen) atoms. The normalized spacial score (nSPS) is 9.16. The van der Waals surface area contributed by atoms with E-state index in [4.69, 9.17) is 9.15 Å². The maximum absolute atomic E-state index is 10.5. The van der Waals surface area contributed by atoms with Crippen LogP contribution < -0.4 is 4.74 Å². The van der Waals surface area contributed by atoms with Crippen LogP contribution in [0.25, 0.3) is 11.5 Å². The topological polar surface area (TPSA) is 87.6 Å². The van der Waals surface area contributed by atoms with Crippen molar-refractivity contribution in [1.29, 1.82) is 0 Å². The number of esters is 1. The van der Waals surface area contributed by atoms with E-state index in [1.54, 1.807) is 6.20 Å². The van der Waals surface area contributed by atoms with E-state index >= 15 is 0 Å². The molecule has 0 saturated heterocycles. The number of carbonyl (C=O) groups excluding carboxylic acids is 1. The van der Waals surface area contributed by atoms with Crippen molar-refractivity contribution in [3.05, 3.63) is 54.9 Å². The van der Waals surface area contributed by atoms with E-state index in [1.165, 1.54) is 13.4 Å². The van der Waals surface area contributed by atoms with Gasteiger partial charge in [0.1, 0.15) is 12.3 Å². The Morgan fingerprint density at radius 2 is 2.20 bits per heavy atom. The van der Waals surface area contributed by atoms with Crippen molar-refractivity contribution in [2.24, 2.45) is 0 Å². The molecule has 0 aliphatic carbocycles. The van der Waals surface area contributed by atoms with Gasteiger partial charge in [0.25, 0.3) is 11.9 Å². The summed E-state index contributed by atoms with van der Waals surface area (Å²) in [5, 5.41) is 0. The summed E-state index contributed by atoms with van der Waals surface area (Å²) in [6.07, 6.45) is 4.86. The van der Waals surface area contributed by atoms with Gasteiger partial charge in [-0.2, -0.15) is 0 Å². The molecular weight excluding hydrogens is 575 g/mol. The maximum atomic E-state index is 10.5. The van der Waals surface area contributed by atoms with Gasteiger partial charge < -0.3 is 23.3 Å². The van der Waals surface area contributed by atoms with E-state index in [0.29, 0.717) is 18.4 Å². The second-order valence-electron chi connectivity index (χ2n) is 4.01. The molecule has 137 valence electrons. The molecule has 0 bridgehead atoms. The van der Waals surface area contributed by atoms with Gasteiger partial charge in [-0.3, -0.25) is 9.78 Å². The summed E-state index contributed by atoms with van der Waals surface area (Å²) in [7, 11) is 1.27. The Hall–Kier alpha value is -1.92. The molecule has 0 atom stereocenters. The monoisotopic (exact) mass is 588 g/mol. The zero-order valence-electron chi connectivity index (χ0n) is 13.3. The molecule has 0 fully saturated rings. The number of carbonyl (C=O) groups is 1. The van der Waals surface area contributed by atoms with Gasteiger partial charge in [0.05, 0.1) is 19.9 Å². The van der Waals surface area contributed by atoms with Crippen LogP contribution in [-0.2, 0) is 22.5 Å². The minimum atomic E-state index is -0.514. The third-order valence-corrected chi connectivity index (χ3v) is 2.49. The summed E-state index contributed by atoms with van der Waals surface area (Å²) in [6.45, 7) is 2.48. The summed E-state index contributed by atoms with van der Waals surface area (Å²) in [4.78, 5) is 18.0. The second kappa shape index (κ2) is 12.4. The molecule has 0 spiro atoms. The van der Waals surface area contributed by atoms with Gasteiger partial charge >= 0.3 is 31.1 Å². The number of methoxy groups -OCH3 is 1. The van der Waals surface area contributed by atoms with Crippen molar-refractivity contribution in [2.75, 3.05) is 13.7 Å². The van der Waals surface area contributed by atoms with Crippen LogP contribution in [-0.4, -0.2) is 29.7 Å². The number of oxazole rings is 2. The summed E-state index contributed by atoms with van der Waals surface area (Å²) >= 11 is 4.86. The molecule has 2 aromatic heterocycles. The van der Waals surface area contributed by atoms with E-state index in [9.17, 15) is 4.79 Å². The van der Waals surface area contributed by atoms with Crippen LogP contribution in [0.4, 0.5) is 0 Å². The van der Waals surface area contributed by atoms with Gasteiger partial charge in [-0.05, 0) is 13.2 Å². The molecule has 7 nitrogen and oxygen atoms in total. The van der Waals surface area contributed by atoms with Crippen molar-refractivity contribution in [1.82, 2.24) is 9.97 Å². The van der Waals surface area contributed by atoms with E-state index in [0.717, 1.165) is 5.56 Å². The number of halogens is 1. The molecular formula is C16H14BrN2O5Pt-2. The summed E-state index contributed by atoms with van der Waals surface area (Å²) < 4.78 is 19.2. The standard InChI is InChI=1S/C11H10NO2.C5H4NO3.BrH.Pt/c1-2-13-10-8-12-11(14-10)9-6-4-3-5-7-9;1-8-5(7)4-2-9-3-6-4;;/h3-6,8H,2H2,1H3;2H,1H3;1H;/q2*-1;;+1/p-1. The Morgan fingerprint density at radius 3 is 2.76 bits per heavy atom. The van der Waals surface area contributed by atoms with Gasteiger partial charge in [-0.15, -0.1) is 30.3 Å². The fourth-order valence-electron chi connectivity index (χ4n) is 1.50. The van der Waals surface area contributed by atoms with Crippen LogP contribution >= 0.6 is 13.3 Å². The molecule has 0 aliphatic rings. The predicted molar refractivity (Wildman–Crippen MR) is 87.5 cm³/mol. The average Bonchev–Trinajstić information content (AvgIpc) is 3.37. The molecule has 0 saturated carbocycles. The van der Waals surface area contributed by atoms with Gasteiger partial charge in [-0.1, -0.05) is 5.56 Å². The number of nitrogens with zero attached hydrogens (tertiary/aromatic N) is 2. The Bertz CT molecular complexity index is 719. The molecule has 9 heteroatoms. The Labute approximate surface area is 162 Å². The molecule has 0 amide bonds. The first-order valence-corrected chi connectivity index (χ1v) is 11.8. The first-order valence-electron chi connectivity index (χ1n) is 6.82. The number of aromatic nitrogens is 2. The van der Waals surface area contributed by atoms with Gasteiger partial charge in [0.2, 0.25) is 0 Å². The quantitative estimate of drug-likeness (QED) is 0.340. The fraction of sp³-hybridized carbons (Fsp3) is 0.188. The SMILES string of the molecule is CCOc1cnc(-c2[c-]cccc2)o1.COC(=O)c1co[c-]n1.[Br][Pt]. The summed E-state index contributed by atoms with van der Waals surface area (Å²) in [5.74, 6) is 0.466. The van der Waals surface area contributed by atoms with E-state index < -0.39 is 5.97 Å². The van der Waals surface area contributed by atoms with Crippen molar-refractivity contribution >= 4 is 19.3 Å². The third kappa shape index (κ3) is 7.23. The van der Waals surface area contributed by atoms with Crippen LogP contribution in [0.15, 0.2) is 45.6 Å². The molecule has 0 unspecified atom stereocenters. The first-order chi connectivity index (χ1) is 12.2. The van der Waals surface area contributed by atoms with Crippen molar-refractivity contribution in [3.8, 4) is 17.4 Å². The van der Waals surface area contributed by atoms with Crippen molar-refractivity contribution in [2.45, 2.75) is 6.92 Å². The Morgan fingerprint density at radius 1 is 1.40 bits per heavy atom. The number of hydrogen-bond acceptors (Lipinski definition) is 7. The van der Waals surface area contributed by atoms with E-state index in [-0.39, 0.29) is 5.69 Å². The zero-order valence-corrected chi connectivity index (χ0v) is 17.2. The average molecular weight is 589 g/mol. The number of rotatable bonds is 4. The van der Waals surface area contributed by atoms with Crippen LogP contribution in [0, 0.1) is 12.5 Å². The van der Waals surface area contributed by atoms with E-state index in [2.05, 4.69) is 44.9 Å². The zero-order chi connectivity index (χ0) is 18.5. The number of hydrogen-bond donors (Lipinski definition) is 0. The predicted octanol–water partition coefficient (Wildman–Crippen LogP) is 3.64. The van der Waals surface area contributed by atoms with Crippen LogP contribution in [0.1, 0.15) is 17.4 Å². The molecule has 1 aromatic carbocycles. The second-order valence-corrected chi connectivity index (χ2v) is 4.01. The first kappa shape index (κ1) is 21.1. The summed E-state index contributed by atoms with van der Waals surface area (Å²) in [5.41, 5.74) is 0.968. The van der Waals surface area contributed by atoms with Crippen molar-refractivity contribution < 1.29 is 40.9 Å². The number of benzene rings is 1. The van der Waals surface area contributed by atoms with Crippen molar-refractivity contribution in [3.63, 3.8) is 0 Å². The molecule has 2 heterocycles. The van der Waals surface area contributed by atoms with Crippen LogP contribution in [0.3, 0.4) is 0 Å².